The van der Waals surface area contributed by atoms with Crippen LogP contribution in [0.1, 0.15) is 26.1 Å². The van der Waals surface area contributed by atoms with Gasteiger partial charge in [-0.2, -0.15) is 5.10 Å². The number of aromatic nitrogens is 4. The summed E-state index contributed by atoms with van der Waals surface area (Å²) in [5, 5.41) is 12.0. The second-order valence-electron chi connectivity index (χ2n) is 5.08. The van der Waals surface area contributed by atoms with Gasteiger partial charge in [-0.1, -0.05) is 0 Å². The van der Waals surface area contributed by atoms with E-state index in [1.807, 2.05) is 6.92 Å². The average Bonchev–Trinajstić information content (AvgIpc) is 3.07. The van der Waals surface area contributed by atoms with Crippen LogP contribution >= 0.6 is 0 Å². The van der Waals surface area contributed by atoms with E-state index in [1.54, 1.807) is 17.0 Å². The molecule has 0 aliphatic carbocycles. The molecule has 2 aromatic rings. The molecule has 128 valence electrons. The molecule has 0 aliphatic rings. The minimum atomic E-state index is -0.305. The Bertz CT molecular complexity index is 655. The van der Waals surface area contributed by atoms with Crippen LogP contribution in [-0.2, 0) is 11.2 Å². The summed E-state index contributed by atoms with van der Waals surface area (Å²) in [5.41, 5.74) is 0.561. The van der Waals surface area contributed by atoms with Crippen molar-refractivity contribution in [2.45, 2.75) is 26.7 Å². The van der Waals surface area contributed by atoms with Crippen molar-refractivity contribution in [1.82, 2.24) is 25.5 Å². The molecule has 0 aliphatic heterocycles. The van der Waals surface area contributed by atoms with Crippen LogP contribution in [0.2, 0.25) is 0 Å². The maximum atomic E-state index is 11.8. The number of hydrogen-bond acceptors (Lipinski definition) is 5. The van der Waals surface area contributed by atoms with E-state index >= 15 is 0 Å². The molecule has 0 aromatic carbocycles. The van der Waals surface area contributed by atoms with Crippen molar-refractivity contribution in [2.75, 3.05) is 23.3 Å². The van der Waals surface area contributed by atoms with Crippen molar-refractivity contribution in [3.05, 3.63) is 30.5 Å². The number of hydrogen-bond donors (Lipinski definition) is 3. The van der Waals surface area contributed by atoms with Gasteiger partial charge in [0.2, 0.25) is 5.91 Å². The topological polar surface area (TPSA) is 116 Å². The van der Waals surface area contributed by atoms with E-state index in [0.29, 0.717) is 31.0 Å². The Morgan fingerprint density at radius 1 is 1.29 bits per heavy atom. The van der Waals surface area contributed by atoms with Gasteiger partial charge in [0.1, 0.15) is 18.0 Å². The van der Waals surface area contributed by atoms with Gasteiger partial charge in [0.05, 0.1) is 11.9 Å². The number of amides is 3. The van der Waals surface area contributed by atoms with Crippen molar-refractivity contribution in [3.8, 4) is 0 Å². The number of anilines is 2. The molecule has 2 rings (SSSR count). The molecular weight excluding hydrogens is 310 g/mol. The van der Waals surface area contributed by atoms with Crippen LogP contribution < -0.4 is 15.5 Å². The molecule has 9 heteroatoms. The largest absolute Gasteiger partial charge is 0.338 e. The second kappa shape index (κ2) is 8.61. The summed E-state index contributed by atoms with van der Waals surface area (Å²) in [5.74, 6) is 1.28. The Morgan fingerprint density at radius 3 is 2.71 bits per heavy atom. The first-order valence-electron chi connectivity index (χ1n) is 7.73. The van der Waals surface area contributed by atoms with E-state index in [9.17, 15) is 9.59 Å². The number of aromatic amines is 1. The second-order valence-corrected chi connectivity index (χ2v) is 5.08. The Kier molecular flexibility index (Phi) is 6.23. The molecular formula is C15H21N7O2. The number of nitrogens with one attached hydrogen (secondary N) is 3. The highest BCUT2D eigenvalue weighted by molar-refractivity contribution is 5.91. The van der Waals surface area contributed by atoms with E-state index in [0.717, 1.165) is 12.2 Å². The Balaban J connectivity index is 1.76. The fraction of sp³-hybridized carbons (Fsp3) is 0.400. The van der Waals surface area contributed by atoms with Gasteiger partial charge in [-0.05, 0) is 25.5 Å². The summed E-state index contributed by atoms with van der Waals surface area (Å²) in [6, 6.07) is 3.10. The lowest BCUT2D eigenvalue weighted by Crippen LogP contribution is -2.30. The van der Waals surface area contributed by atoms with Crippen molar-refractivity contribution in [2.24, 2.45) is 0 Å². The number of rotatable bonds is 7. The molecule has 2 heterocycles. The summed E-state index contributed by atoms with van der Waals surface area (Å²) in [4.78, 5) is 33.0. The number of carbonyl (C=O) groups excluding carboxylic acids is 2. The first-order valence-corrected chi connectivity index (χ1v) is 7.73. The highest BCUT2D eigenvalue weighted by Crippen LogP contribution is 2.14. The molecule has 24 heavy (non-hydrogen) atoms. The van der Waals surface area contributed by atoms with Gasteiger partial charge in [0.25, 0.3) is 0 Å². The normalized spacial score (nSPS) is 10.2. The van der Waals surface area contributed by atoms with Gasteiger partial charge in [0, 0.05) is 26.4 Å². The maximum Gasteiger partial charge on any atom is 0.319 e. The van der Waals surface area contributed by atoms with E-state index in [4.69, 9.17) is 0 Å². The molecule has 0 fully saturated rings. The van der Waals surface area contributed by atoms with Crippen LogP contribution in [0.4, 0.5) is 16.3 Å². The maximum absolute atomic E-state index is 11.8. The fourth-order valence-corrected chi connectivity index (χ4v) is 2.15. The first kappa shape index (κ1) is 17.4. The van der Waals surface area contributed by atoms with Crippen molar-refractivity contribution in [3.63, 3.8) is 0 Å². The summed E-state index contributed by atoms with van der Waals surface area (Å²) in [7, 11) is 0. The molecule has 0 bridgehead atoms. The summed E-state index contributed by atoms with van der Waals surface area (Å²) in [6.45, 7) is 4.43. The third kappa shape index (κ3) is 5.04. The van der Waals surface area contributed by atoms with E-state index in [1.165, 1.54) is 19.4 Å². The number of H-pyrrole nitrogens is 1. The predicted octanol–water partition coefficient (Wildman–Crippen LogP) is 1.33. The van der Waals surface area contributed by atoms with Gasteiger partial charge >= 0.3 is 6.03 Å². The lowest BCUT2D eigenvalue weighted by molar-refractivity contribution is -0.116. The highest BCUT2D eigenvalue weighted by atomic mass is 16.2. The number of nitrogens with zero attached hydrogens (tertiary/aromatic N) is 4. The summed E-state index contributed by atoms with van der Waals surface area (Å²) >= 11 is 0. The molecule has 0 saturated heterocycles. The molecule has 0 spiro atoms. The highest BCUT2D eigenvalue weighted by Gasteiger charge is 2.10. The molecule has 3 amide bonds. The third-order valence-electron chi connectivity index (χ3n) is 3.32. The van der Waals surface area contributed by atoms with Gasteiger partial charge in [-0.3, -0.25) is 14.8 Å². The molecule has 2 aromatic heterocycles. The quantitative estimate of drug-likeness (QED) is 0.662. The minimum absolute atomic E-state index is 0.0739. The predicted molar refractivity (Wildman–Crippen MR) is 89.7 cm³/mol. The van der Waals surface area contributed by atoms with Gasteiger partial charge in [-0.25, -0.2) is 14.8 Å². The minimum Gasteiger partial charge on any atom is -0.338 e. The average molecular weight is 331 g/mol. The SMILES string of the molecule is CCN(C(C)=O)c1ccc(NC(=O)NCCCc2ncn[nH]2)cn1. The van der Waals surface area contributed by atoms with Crippen LogP contribution in [0.5, 0.6) is 0 Å². The van der Waals surface area contributed by atoms with E-state index in [-0.39, 0.29) is 11.9 Å². The summed E-state index contributed by atoms with van der Waals surface area (Å²) < 4.78 is 0. The van der Waals surface area contributed by atoms with Crippen LogP contribution in [0.25, 0.3) is 0 Å². The van der Waals surface area contributed by atoms with Crippen LogP contribution in [0.15, 0.2) is 24.7 Å². The van der Waals surface area contributed by atoms with Gasteiger partial charge in [0.15, 0.2) is 0 Å². The number of aryl methyl sites for hydroxylation is 1. The monoisotopic (exact) mass is 331 g/mol. The smallest absolute Gasteiger partial charge is 0.319 e. The lowest BCUT2D eigenvalue weighted by Gasteiger charge is -2.17. The number of pyridine rings is 1. The first-order chi connectivity index (χ1) is 11.6. The fourth-order valence-electron chi connectivity index (χ4n) is 2.15. The Hall–Kier alpha value is -2.97. The van der Waals surface area contributed by atoms with Gasteiger partial charge < -0.3 is 10.6 Å². The lowest BCUT2D eigenvalue weighted by atomic mass is 10.3. The van der Waals surface area contributed by atoms with E-state index in [2.05, 4.69) is 30.8 Å². The molecule has 9 nitrogen and oxygen atoms in total. The molecule has 0 atom stereocenters. The zero-order valence-electron chi connectivity index (χ0n) is 13.7. The number of urea groups is 1. The Labute approximate surface area is 139 Å². The standard InChI is InChI=1S/C15H21N7O2/c1-3-22(11(2)23)14-7-6-12(9-17-14)20-15(24)16-8-4-5-13-18-10-19-21-13/h6-7,9-10H,3-5,8H2,1-2H3,(H2,16,20,24)(H,18,19,21). The van der Waals surface area contributed by atoms with Crippen molar-refractivity contribution >= 4 is 23.4 Å². The molecule has 0 radical (unpaired) electrons. The zero-order valence-corrected chi connectivity index (χ0v) is 13.7. The van der Waals surface area contributed by atoms with Crippen molar-refractivity contribution < 1.29 is 9.59 Å². The molecule has 0 unspecified atom stereocenters. The molecule has 3 N–H and O–H groups in total. The third-order valence-corrected chi connectivity index (χ3v) is 3.32. The zero-order chi connectivity index (χ0) is 17.4. The Morgan fingerprint density at radius 2 is 2.12 bits per heavy atom. The van der Waals surface area contributed by atoms with Crippen LogP contribution in [0, 0.1) is 0 Å². The number of carbonyl (C=O) groups is 2. The van der Waals surface area contributed by atoms with Crippen molar-refractivity contribution in [1.29, 1.82) is 0 Å². The van der Waals surface area contributed by atoms with E-state index < -0.39 is 0 Å². The van der Waals surface area contributed by atoms with Crippen LogP contribution in [0.3, 0.4) is 0 Å². The van der Waals surface area contributed by atoms with Crippen LogP contribution in [-0.4, -0.2) is 45.2 Å². The summed E-state index contributed by atoms with van der Waals surface area (Å²) in [6.07, 6.45) is 4.45. The van der Waals surface area contributed by atoms with Gasteiger partial charge in [-0.15, -0.1) is 0 Å². The molecule has 0 saturated carbocycles.